The number of benzene rings is 7. The lowest BCUT2D eigenvalue weighted by atomic mass is 10.0. The highest BCUT2D eigenvalue weighted by atomic mass is 16.3. The molecule has 0 saturated heterocycles. The van der Waals surface area contributed by atoms with E-state index in [0.29, 0.717) is 0 Å². The fraction of sp³-hybridized carbons (Fsp3) is 0. The van der Waals surface area contributed by atoms with Gasteiger partial charge in [0.15, 0.2) is 5.58 Å². The van der Waals surface area contributed by atoms with E-state index >= 15 is 0 Å². The van der Waals surface area contributed by atoms with Crippen molar-refractivity contribution in [1.82, 2.24) is 4.98 Å². The van der Waals surface area contributed by atoms with Crippen molar-refractivity contribution in [3.05, 3.63) is 170 Å². The predicted molar refractivity (Wildman–Crippen MR) is 192 cm³/mol. The van der Waals surface area contributed by atoms with E-state index in [1.54, 1.807) is 0 Å². The number of hydrogen-bond donors (Lipinski definition) is 0. The lowest BCUT2D eigenvalue weighted by Crippen LogP contribution is -2.09. The second-order valence-corrected chi connectivity index (χ2v) is 11.7. The van der Waals surface area contributed by atoms with Gasteiger partial charge in [0.05, 0.1) is 11.9 Å². The van der Waals surface area contributed by atoms with E-state index in [1.165, 1.54) is 21.9 Å². The molecule has 0 atom stereocenters. The zero-order valence-electron chi connectivity index (χ0n) is 25.0. The molecule has 9 rings (SSSR count). The number of pyridine rings is 1. The van der Waals surface area contributed by atoms with E-state index in [9.17, 15) is 0 Å². The van der Waals surface area contributed by atoms with Crippen LogP contribution in [0.25, 0.3) is 65.9 Å². The Hall–Kier alpha value is -6.19. The molecule has 0 saturated carbocycles. The van der Waals surface area contributed by atoms with E-state index in [0.717, 1.165) is 61.0 Å². The van der Waals surface area contributed by atoms with Crippen molar-refractivity contribution >= 4 is 60.5 Å². The first-order chi connectivity index (χ1) is 22.8. The monoisotopic (exact) mass is 588 g/mol. The first-order valence-electron chi connectivity index (χ1n) is 15.5. The van der Waals surface area contributed by atoms with Crippen LogP contribution in [0.15, 0.2) is 174 Å². The summed E-state index contributed by atoms with van der Waals surface area (Å²) in [5, 5.41) is 6.77. The Kier molecular flexibility index (Phi) is 6.14. The Morgan fingerprint density at radius 2 is 1.02 bits per heavy atom. The highest BCUT2D eigenvalue weighted by Gasteiger charge is 2.17. The predicted octanol–water partition coefficient (Wildman–Crippen LogP) is 12.1. The second kappa shape index (κ2) is 10.8. The molecule has 0 fully saturated rings. The van der Waals surface area contributed by atoms with Gasteiger partial charge < -0.3 is 9.32 Å². The Balaban J connectivity index is 1.22. The third-order valence-corrected chi connectivity index (χ3v) is 8.88. The zero-order chi connectivity index (χ0) is 30.5. The number of nitrogens with zero attached hydrogens (tertiary/aromatic N) is 2. The molecule has 2 aromatic heterocycles. The van der Waals surface area contributed by atoms with Gasteiger partial charge in [-0.05, 0) is 75.8 Å². The van der Waals surface area contributed by atoms with Crippen LogP contribution in [0.3, 0.4) is 0 Å². The van der Waals surface area contributed by atoms with Crippen molar-refractivity contribution < 1.29 is 4.42 Å². The minimum absolute atomic E-state index is 0.787. The number of aromatic nitrogens is 1. The fourth-order valence-corrected chi connectivity index (χ4v) is 6.55. The average Bonchev–Trinajstić information content (AvgIpc) is 3.51. The van der Waals surface area contributed by atoms with Crippen LogP contribution in [0.2, 0.25) is 0 Å². The maximum Gasteiger partial charge on any atom is 0.153 e. The number of fused-ring (bicyclic) bond motifs is 6. The first kappa shape index (κ1) is 26.2. The lowest BCUT2D eigenvalue weighted by Gasteiger charge is -2.26. The van der Waals surface area contributed by atoms with Crippen LogP contribution < -0.4 is 4.90 Å². The number of furan rings is 1. The van der Waals surface area contributed by atoms with Crippen LogP contribution in [-0.2, 0) is 0 Å². The van der Waals surface area contributed by atoms with Crippen molar-refractivity contribution in [1.29, 1.82) is 0 Å². The van der Waals surface area contributed by atoms with Crippen molar-refractivity contribution in [2.75, 3.05) is 4.90 Å². The molecule has 0 radical (unpaired) electrons. The third-order valence-electron chi connectivity index (χ3n) is 8.88. The largest absolute Gasteiger partial charge is 0.454 e. The van der Waals surface area contributed by atoms with Crippen LogP contribution in [0.1, 0.15) is 0 Å². The van der Waals surface area contributed by atoms with Gasteiger partial charge in [-0.1, -0.05) is 115 Å². The Bertz CT molecular complexity index is 2520. The number of hydrogen-bond acceptors (Lipinski definition) is 3. The number of anilines is 3. The molecule has 46 heavy (non-hydrogen) atoms. The third kappa shape index (κ3) is 4.49. The molecule has 0 bridgehead atoms. The van der Waals surface area contributed by atoms with Gasteiger partial charge in [-0.25, -0.2) is 0 Å². The van der Waals surface area contributed by atoms with Gasteiger partial charge in [0.2, 0.25) is 0 Å². The van der Waals surface area contributed by atoms with Crippen LogP contribution in [0, 0.1) is 0 Å². The van der Waals surface area contributed by atoms with Crippen molar-refractivity contribution in [2.45, 2.75) is 0 Å². The van der Waals surface area contributed by atoms with Crippen LogP contribution in [-0.4, -0.2) is 4.98 Å². The summed E-state index contributed by atoms with van der Waals surface area (Å²) in [5.41, 5.74) is 9.32. The van der Waals surface area contributed by atoms with Gasteiger partial charge in [-0.2, -0.15) is 0 Å². The Morgan fingerprint density at radius 1 is 0.413 bits per heavy atom. The maximum absolute atomic E-state index is 6.54. The van der Waals surface area contributed by atoms with E-state index < -0.39 is 0 Å². The molecule has 0 aliphatic heterocycles. The standard InChI is InChI=1S/C43H28N2O/c1-3-9-29(10-4-1)31-15-20-35(21-16-31)45(36-22-17-30-11-7-8-14-34(30)25-36)37-23-18-32-19-24-38-40-27-41(33-12-5-2-6-13-33)44-28-42(40)46-43(38)39(32)26-37/h1-28H. The molecule has 9 aromatic rings. The quantitative estimate of drug-likeness (QED) is 0.200. The molecule has 0 spiro atoms. The summed E-state index contributed by atoms with van der Waals surface area (Å²) in [6, 6.07) is 57.9. The van der Waals surface area contributed by atoms with Gasteiger partial charge in [-0.3, -0.25) is 4.98 Å². The normalized spacial score (nSPS) is 11.5. The minimum atomic E-state index is 0.787. The summed E-state index contributed by atoms with van der Waals surface area (Å²) >= 11 is 0. The van der Waals surface area contributed by atoms with Gasteiger partial charge in [0, 0.05) is 38.8 Å². The molecular weight excluding hydrogens is 560 g/mol. The fourth-order valence-electron chi connectivity index (χ4n) is 6.55. The SMILES string of the molecule is c1ccc(-c2ccc(N(c3ccc4ccccc4c3)c3ccc4ccc5c6cc(-c7ccccc7)ncc6oc5c4c3)cc2)cc1. The minimum Gasteiger partial charge on any atom is -0.454 e. The van der Waals surface area contributed by atoms with Gasteiger partial charge in [-0.15, -0.1) is 0 Å². The van der Waals surface area contributed by atoms with Gasteiger partial charge in [0.25, 0.3) is 0 Å². The zero-order valence-corrected chi connectivity index (χ0v) is 25.0. The highest BCUT2D eigenvalue weighted by Crippen LogP contribution is 2.41. The highest BCUT2D eigenvalue weighted by molar-refractivity contribution is 6.16. The van der Waals surface area contributed by atoms with E-state index in [-0.39, 0.29) is 0 Å². The van der Waals surface area contributed by atoms with Gasteiger partial charge in [0.1, 0.15) is 5.58 Å². The van der Waals surface area contributed by atoms with E-state index in [4.69, 9.17) is 9.40 Å². The molecule has 0 aliphatic carbocycles. The summed E-state index contributed by atoms with van der Waals surface area (Å²) in [5.74, 6) is 0. The lowest BCUT2D eigenvalue weighted by molar-refractivity contribution is 0.670. The first-order valence-corrected chi connectivity index (χ1v) is 15.5. The summed E-state index contributed by atoms with van der Waals surface area (Å²) in [6.45, 7) is 0. The van der Waals surface area contributed by atoms with Crippen molar-refractivity contribution in [3.8, 4) is 22.4 Å². The molecule has 0 unspecified atom stereocenters. The molecule has 3 heteroatoms. The Morgan fingerprint density at radius 3 is 1.80 bits per heavy atom. The number of rotatable bonds is 5. The summed E-state index contributed by atoms with van der Waals surface area (Å²) in [6.07, 6.45) is 1.85. The molecule has 7 aromatic carbocycles. The van der Waals surface area contributed by atoms with Crippen LogP contribution in [0.5, 0.6) is 0 Å². The van der Waals surface area contributed by atoms with E-state index in [1.807, 2.05) is 24.4 Å². The van der Waals surface area contributed by atoms with E-state index in [2.05, 4.69) is 150 Å². The molecule has 0 amide bonds. The summed E-state index contributed by atoms with van der Waals surface area (Å²) < 4.78 is 6.54. The molecular formula is C43H28N2O. The van der Waals surface area contributed by atoms with Crippen molar-refractivity contribution in [3.63, 3.8) is 0 Å². The van der Waals surface area contributed by atoms with Crippen LogP contribution >= 0.6 is 0 Å². The van der Waals surface area contributed by atoms with Gasteiger partial charge >= 0.3 is 0 Å². The molecule has 3 nitrogen and oxygen atoms in total. The van der Waals surface area contributed by atoms with Crippen molar-refractivity contribution in [2.24, 2.45) is 0 Å². The Labute approximate surface area is 266 Å². The molecule has 0 N–H and O–H groups in total. The smallest absolute Gasteiger partial charge is 0.153 e. The summed E-state index contributed by atoms with van der Waals surface area (Å²) in [7, 11) is 0. The topological polar surface area (TPSA) is 29.3 Å². The maximum atomic E-state index is 6.54. The second-order valence-electron chi connectivity index (χ2n) is 11.7. The molecule has 216 valence electrons. The average molecular weight is 589 g/mol. The van der Waals surface area contributed by atoms with Crippen LogP contribution in [0.4, 0.5) is 17.1 Å². The molecule has 0 aliphatic rings. The summed E-state index contributed by atoms with van der Waals surface area (Å²) in [4.78, 5) is 7.06. The molecule has 2 heterocycles.